The second-order valence-electron chi connectivity index (χ2n) is 9.79. The van der Waals surface area contributed by atoms with Crippen molar-refractivity contribution < 1.29 is 0 Å². The number of rotatable bonds is 6. The highest BCUT2D eigenvalue weighted by Crippen LogP contribution is 2.51. The molecule has 2 fully saturated rings. The van der Waals surface area contributed by atoms with Crippen LogP contribution < -0.4 is 0 Å². The van der Waals surface area contributed by atoms with Gasteiger partial charge in [-0.15, -0.1) is 310 Å². The predicted octanol–water partition coefficient (Wildman–Crippen LogP) is 19.9. The van der Waals surface area contributed by atoms with Gasteiger partial charge in [-0.1, -0.05) is 19.8 Å². The van der Waals surface area contributed by atoms with Crippen LogP contribution >= 0.6 is 355 Å². The van der Waals surface area contributed by atoms with Gasteiger partial charge in [0.2, 0.25) is 28.9 Å². The first-order chi connectivity index (χ1) is 24.0. The minimum absolute atomic E-state index is 0. The summed E-state index contributed by atoms with van der Waals surface area (Å²) in [6.07, 6.45) is 6.54. The van der Waals surface area contributed by atoms with Gasteiger partial charge in [-0.3, -0.25) is 0 Å². The minimum atomic E-state index is -2.74. The summed E-state index contributed by atoms with van der Waals surface area (Å²) in [6.45, 7) is -16.6. The molecule has 2 aliphatic rings. The Morgan fingerprint density at radius 2 is 0.561 bits per heavy atom. The standard InChI is InChI=1S/C3H6Cl6Si3.C2H5Cl7Si3.C2H4Cl4Si2.CH3Cl5Si2.2CH2Cl2Si.CH4.2Cl3HSi/c4-10(5)1-11(6,7)3-12(8,9)2-10;3-10(4)1-11(5,6)2-12(7,8)9;3-7(4)1-8(5,6)2-7;2-7(3)1-8(4,5)6;2*1-4(2)3;;2*1-4(2)3/h1-3H2;10H,1-2H2;1-2H2;7H,1H2;2*1H2;1H4;2*4H. The van der Waals surface area contributed by atoms with Gasteiger partial charge in [-0.05, 0) is 34.0 Å². The molecule has 57 heavy (non-hydrogen) atoms. The van der Waals surface area contributed by atoms with Crippen LogP contribution in [0.3, 0.4) is 0 Å². The molecule has 2 saturated heterocycles. The zero-order valence-electron chi connectivity index (χ0n) is 26.5. The third kappa shape index (κ3) is 88.1. The lowest BCUT2D eigenvalue weighted by molar-refractivity contribution is 1.61. The number of hydrogen-bond acceptors (Lipinski definition) is 0. The van der Waals surface area contributed by atoms with E-state index in [2.05, 4.69) is 12.3 Å². The van der Waals surface area contributed by atoms with E-state index in [0.29, 0.717) is 28.3 Å². The predicted molar refractivity (Wildman–Crippen MR) is 333 cm³/mol. The third-order valence-electron chi connectivity index (χ3n) is 3.88. The molecule has 0 aromatic rings. The molecule has 0 aliphatic carbocycles. The van der Waals surface area contributed by atoms with Gasteiger partial charge in [-0.25, -0.2) is 0 Å². The maximum Gasteiger partial charge on any atom is 0.341 e. The van der Waals surface area contributed by atoms with Crippen LogP contribution in [0.5, 0.6) is 0 Å². The van der Waals surface area contributed by atoms with Gasteiger partial charge in [0.1, 0.15) is 0 Å². The van der Waals surface area contributed by atoms with Crippen LogP contribution in [0, 0.1) is 0 Å². The lowest BCUT2D eigenvalue weighted by Crippen LogP contribution is -2.49. The molecule has 352 valence electrons. The molecule has 0 spiro atoms. The van der Waals surface area contributed by atoms with Gasteiger partial charge < -0.3 is 0 Å². The SMILES string of the molecule is C.C=[Si](Cl)Cl.C=[Si](Cl)Cl.Cl[SiH](Cl)C[Si](Cl)(Cl)C[Si](Cl)(Cl)Cl.Cl[SiH](Cl)C[Si](Cl)(Cl)Cl.Cl[SiH](Cl)Cl.Cl[SiH](Cl)Cl.Cl[Si]1(Cl)C[Si](Cl)(Cl)C1.Cl[Si]1(Cl)C[Si](Cl)(Cl)C[Si](Cl)(Cl)C1. The fraction of sp³-hybridized carbons (Fsp3) is 0.818. The van der Waals surface area contributed by atoms with E-state index in [1.54, 1.807) is 0 Å². The van der Waals surface area contributed by atoms with Crippen LogP contribution in [0.2, 0.25) is 45.3 Å². The van der Waals surface area contributed by atoms with Crippen molar-refractivity contribution in [2.75, 3.05) is 0 Å². The molecule has 0 N–H and O–H groups in total. The van der Waals surface area contributed by atoms with E-state index in [1.807, 2.05) is 0 Å². The molecule has 0 amide bonds. The minimum Gasteiger partial charge on any atom is -0.151 e. The van der Waals surface area contributed by atoms with Crippen molar-refractivity contribution in [3.63, 3.8) is 0 Å². The van der Waals surface area contributed by atoms with Crippen LogP contribution in [0.1, 0.15) is 7.43 Å². The van der Waals surface area contributed by atoms with Crippen molar-refractivity contribution in [2.24, 2.45) is 0 Å². The van der Waals surface area contributed by atoms with Crippen LogP contribution in [0.15, 0.2) is 0 Å². The van der Waals surface area contributed by atoms with Crippen molar-refractivity contribution in [1.82, 2.24) is 0 Å². The molecule has 2 rings (SSSR count). The molecule has 0 nitrogen and oxygen atoms in total. The molecule has 2 aliphatic heterocycles. The Balaban J connectivity index is -0.000000104. The van der Waals surface area contributed by atoms with E-state index in [0.717, 1.165) is 11.3 Å². The highest BCUT2D eigenvalue weighted by Gasteiger charge is 2.57. The highest BCUT2D eigenvalue weighted by atomic mass is 35.9. The average Bonchev–Trinajstić information content (AvgIpc) is 2.68. The molecule has 0 unspecified atom stereocenters. The number of hydrogen-bond donors (Lipinski definition) is 0. The summed E-state index contributed by atoms with van der Waals surface area (Å²) in [5.74, 6) is 0. The van der Waals surface area contributed by atoms with E-state index in [4.69, 9.17) is 355 Å². The third-order valence-corrected chi connectivity index (χ3v) is 77.5. The Morgan fingerprint density at radius 3 is 0.649 bits per heavy atom. The normalized spacial score (nSPS) is 18.0. The lowest BCUT2D eigenvalue weighted by Gasteiger charge is -2.36. The quantitative estimate of drug-likeness (QED) is 0.184. The Morgan fingerprint density at radius 1 is 0.404 bits per heavy atom. The van der Waals surface area contributed by atoms with Gasteiger partial charge in [0.05, 0.1) is 0 Å². The van der Waals surface area contributed by atoms with E-state index in [9.17, 15) is 0 Å². The summed E-state index contributed by atoms with van der Waals surface area (Å²) in [5, 5.41) is 0. The molecule has 0 atom stereocenters. The molecule has 0 radical (unpaired) electrons. The Labute approximate surface area is 504 Å². The zero-order valence-corrected chi connectivity index (χ0v) is 65.3. The van der Waals surface area contributed by atoms with E-state index in [-0.39, 0.29) is 13.1 Å². The first kappa shape index (κ1) is 83.1. The zero-order chi connectivity index (χ0) is 47.1. The summed E-state index contributed by atoms with van der Waals surface area (Å²) in [6, 6.07) is -5.25. The maximum atomic E-state index is 6.08. The van der Waals surface area contributed by atoms with Gasteiger partial charge in [-0.2, -0.15) is 44.3 Å². The van der Waals surface area contributed by atoms with E-state index in [1.165, 1.54) is 0 Å². The van der Waals surface area contributed by atoms with Gasteiger partial charge in [0, 0.05) is 11.3 Å². The molecular weight excluding hydrogens is 1660 g/mol. The van der Waals surface area contributed by atoms with Crippen molar-refractivity contribution in [2.45, 2.75) is 52.8 Å². The Kier molecular flexibility index (Phi) is 60.2. The first-order valence-electron chi connectivity index (χ1n) is 12.8. The van der Waals surface area contributed by atoms with Gasteiger partial charge in [0.25, 0.3) is 40.2 Å². The van der Waals surface area contributed by atoms with Gasteiger partial charge >= 0.3 is 25.5 Å². The highest BCUT2D eigenvalue weighted by molar-refractivity contribution is 7.71. The second-order valence-corrected chi connectivity index (χ2v) is 109. The number of halogens is 32. The molecule has 46 heteroatoms. The molecule has 0 saturated carbocycles. The monoisotopic (exact) mass is 1670 g/mol. The topological polar surface area (TPSA) is 0 Å². The first-order valence-corrected chi connectivity index (χ1v) is 76.5. The van der Waals surface area contributed by atoms with Crippen LogP contribution in [-0.4, -0.2) is 107 Å². The molecule has 2 heterocycles. The van der Waals surface area contributed by atoms with Crippen molar-refractivity contribution in [3.05, 3.63) is 0 Å². The summed E-state index contributed by atoms with van der Waals surface area (Å²) in [7, 11) is -5.85. The molecule has 0 aromatic carbocycles. The second kappa shape index (κ2) is 41.3. The van der Waals surface area contributed by atoms with Crippen LogP contribution in [-0.2, 0) is 0 Å². The Hall–Kier alpha value is 12.1. The van der Waals surface area contributed by atoms with Crippen LogP contribution in [0.4, 0.5) is 0 Å². The van der Waals surface area contributed by atoms with Crippen LogP contribution in [0.25, 0.3) is 0 Å². The summed E-state index contributed by atoms with van der Waals surface area (Å²) < 4.78 is 0. The van der Waals surface area contributed by atoms with Crippen molar-refractivity contribution >= 4 is 461 Å². The van der Waals surface area contributed by atoms with Gasteiger partial charge in [0.15, 0.2) is 0 Å². The average molecular weight is 1690 g/mol. The van der Waals surface area contributed by atoms with Crippen molar-refractivity contribution in [1.29, 1.82) is 0 Å². The smallest absolute Gasteiger partial charge is 0.151 e. The summed E-state index contributed by atoms with van der Waals surface area (Å²) in [5.41, 5.74) is 4.41. The summed E-state index contributed by atoms with van der Waals surface area (Å²) >= 11 is 177. The Bertz CT molecular complexity index is 909. The maximum absolute atomic E-state index is 6.08. The molecular formula is C11H28Cl32Si14. The fourth-order valence-electron chi connectivity index (χ4n) is 2.79. The lowest BCUT2D eigenvalue weighted by atomic mass is 11.8. The summed E-state index contributed by atoms with van der Waals surface area (Å²) in [4.78, 5) is 0. The molecule has 0 bridgehead atoms. The fourth-order valence-corrected chi connectivity index (χ4v) is 120. The van der Waals surface area contributed by atoms with E-state index >= 15 is 0 Å². The molecule has 0 aromatic heterocycles. The van der Waals surface area contributed by atoms with Crippen molar-refractivity contribution in [3.8, 4) is 0 Å². The largest absolute Gasteiger partial charge is 0.341 e. The van der Waals surface area contributed by atoms with E-state index < -0.39 is 94.5 Å².